The predicted octanol–water partition coefficient (Wildman–Crippen LogP) is 2.38. The van der Waals surface area contributed by atoms with E-state index in [0.29, 0.717) is 13.1 Å². The van der Waals surface area contributed by atoms with Gasteiger partial charge in [-0.3, -0.25) is 14.5 Å². The molecule has 4 rings (SSSR count). The summed E-state index contributed by atoms with van der Waals surface area (Å²) < 4.78 is 13.1. The highest BCUT2D eigenvalue weighted by Crippen LogP contribution is 2.23. The Bertz CT molecular complexity index is 914. The monoisotopic (exact) mass is 398 g/mol. The SMILES string of the molecule is O=C1C=CC(C(=O)N2CCN(Cc3nc(-c4ccc(F)cc4)cs3)CC2)C=N1. The third-order valence-electron chi connectivity index (χ3n) is 4.83. The smallest absolute Gasteiger partial charge is 0.269 e. The van der Waals surface area contributed by atoms with Crippen LogP contribution in [0.5, 0.6) is 0 Å². The second-order valence-electron chi connectivity index (χ2n) is 6.74. The maximum atomic E-state index is 13.1. The molecule has 1 saturated heterocycles. The van der Waals surface area contributed by atoms with Crippen molar-refractivity contribution in [2.45, 2.75) is 6.54 Å². The number of dihydropyridines is 1. The van der Waals surface area contributed by atoms with Crippen LogP contribution in [0.1, 0.15) is 5.01 Å². The molecule has 6 nitrogen and oxygen atoms in total. The number of piperazine rings is 1. The lowest BCUT2D eigenvalue weighted by atomic mass is 10.1. The zero-order valence-corrected chi connectivity index (χ0v) is 15.9. The van der Waals surface area contributed by atoms with Crippen molar-refractivity contribution in [3.05, 3.63) is 52.6 Å². The van der Waals surface area contributed by atoms with E-state index in [0.717, 1.165) is 35.9 Å². The highest BCUT2D eigenvalue weighted by molar-refractivity contribution is 7.09. The molecule has 0 saturated carbocycles. The first-order valence-electron chi connectivity index (χ1n) is 9.06. The predicted molar refractivity (Wildman–Crippen MR) is 105 cm³/mol. The van der Waals surface area contributed by atoms with Crippen LogP contribution in [0.4, 0.5) is 4.39 Å². The van der Waals surface area contributed by atoms with E-state index in [1.807, 2.05) is 10.3 Å². The lowest BCUT2D eigenvalue weighted by Crippen LogP contribution is -2.50. The second-order valence-corrected chi connectivity index (χ2v) is 7.68. The molecule has 0 spiro atoms. The van der Waals surface area contributed by atoms with Crippen molar-refractivity contribution in [3.63, 3.8) is 0 Å². The summed E-state index contributed by atoms with van der Waals surface area (Å²) in [5.41, 5.74) is 1.76. The summed E-state index contributed by atoms with van der Waals surface area (Å²) >= 11 is 1.59. The molecule has 1 unspecified atom stereocenters. The van der Waals surface area contributed by atoms with E-state index in [-0.39, 0.29) is 17.6 Å². The zero-order valence-electron chi connectivity index (χ0n) is 15.1. The van der Waals surface area contributed by atoms with Gasteiger partial charge in [-0.1, -0.05) is 6.08 Å². The largest absolute Gasteiger partial charge is 0.339 e. The number of halogens is 1. The lowest BCUT2D eigenvalue weighted by molar-refractivity contribution is -0.133. The number of thiazole rings is 1. The van der Waals surface area contributed by atoms with Gasteiger partial charge in [-0.2, -0.15) is 0 Å². The first-order valence-corrected chi connectivity index (χ1v) is 9.94. The van der Waals surface area contributed by atoms with Crippen molar-refractivity contribution in [1.82, 2.24) is 14.8 Å². The van der Waals surface area contributed by atoms with E-state index < -0.39 is 5.92 Å². The molecule has 2 aliphatic heterocycles. The van der Waals surface area contributed by atoms with Crippen LogP contribution in [0.25, 0.3) is 11.3 Å². The number of aromatic nitrogens is 1. The van der Waals surface area contributed by atoms with E-state index in [1.54, 1.807) is 29.5 Å². The van der Waals surface area contributed by atoms with E-state index >= 15 is 0 Å². The third kappa shape index (κ3) is 4.23. The van der Waals surface area contributed by atoms with E-state index in [2.05, 4.69) is 14.9 Å². The maximum absolute atomic E-state index is 13.1. The molecule has 8 heteroatoms. The first-order chi connectivity index (χ1) is 13.6. The molecule has 144 valence electrons. The molecule has 0 bridgehead atoms. The maximum Gasteiger partial charge on any atom is 0.269 e. The molecule has 1 atom stereocenters. The Morgan fingerprint density at radius 3 is 2.61 bits per heavy atom. The van der Waals surface area contributed by atoms with Gasteiger partial charge in [0, 0.05) is 49.4 Å². The van der Waals surface area contributed by atoms with Crippen LogP contribution >= 0.6 is 11.3 Å². The van der Waals surface area contributed by atoms with Crippen LogP contribution < -0.4 is 0 Å². The molecule has 1 fully saturated rings. The summed E-state index contributed by atoms with van der Waals surface area (Å²) in [6, 6.07) is 6.34. The number of hydrogen-bond acceptors (Lipinski definition) is 5. The zero-order chi connectivity index (χ0) is 19.5. The first kappa shape index (κ1) is 18.6. The quantitative estimate of drug-likeness (QED) is 0.793. The van der Waals surface area contributed by atoms with Gasteiger partial charge >= 0.3 is 0 Å². The van der Waals surface area contributed by atoms with Gasteiger partial charge in [0.25, 0.3) is 5.91 Å². The Labute approximate surface area is 166 Å². The summed E-state index contributed by atoms with van der Waals surface area (Å²) in [6.45, 7) is 3.54. The number of benzene rings is 1. The minimum Gasteiger partial charge on any atom is -0.339 e. The average Bonchev–Trinajstić information content (AvgIpc) is 3.18. The summed E-state index contributed by atoms with van der Waals surface area (Å²) in [5, 5.41) is 2.98. The Kier molecular flexibility index (Phi) is 5.40. The minimum absolute atomic E-state index is 0.0139. The van der Waals surface area contributed by atoms with Crippen molar-refractivity contribution in [2.75, 3.05) is 26.2 Å². The van der Waals surface area contributed by atoms with E-state index in [4.69, 9.17) is 0 Å². The normalized spacial score (nSPS) is 20.0. The number of rotatable bonds is 4. The van der Waals surface area contributed by atoms with Gasteiger partial charge in [0.05, 0.1) is 18.2 Å². The summed E-state index contributed by atoms with van der Waals surface area (Å²) in [4.78, 5) is 36.1. The van der Waals surface area contributed by atoms with Gasteiger partial charge in [-0.05, 0) is 24.3 Å². The van der Waals surface area contributed by atoms with Crippen LogP contribution in [0.2, 0.25) is 0 Å². The van der Waals surface area contributed by atoms with Gasteiger partial charge < -0.3 is 4.90 Å². The van der Waals surface area contributed by atoms with Crippen LogP contribution in [0.15, 0.2) is 46.8 Å². The van der Waals surface area contributed by atoms with Gasteiger partial charge in [-0.15, -0.1) is 11.3 Å². The summed E-state index contributed by atoms with van der Waals surface area (Å²) in [6.07, 6.45) is 4.38. The fourth-order valence-corrected chi connectivity index (χ4v) is 4.09. The molecule has 2 aromatic rings. The number of carbonyl (C=O) groups excluding carboxylic acids is 2. The van der Waals surface area contributed by atoms with Crippen LogP contribution in [0, 0.1) is 11.7 Å². The van der Waals surface area contributed by atoms with Crippen LogP contribution in [0.3, 0.4) is 0 Å². The average molecular weight is 398 g/mol. The van der Waals surface area contributed by atoms with Gasteiger partial charge in [0.1, 0.15) is 10.8 Å². The van der Waals surface area contributed by atoms with Crippen molar-refractivity contribution in [3.8, 4) is 11.3 Å². The highest BCUT2D eigenvalue weighted by Gasteiger charge is 2.26. The minimum atomic E-state index is -0.443. The van der Waals surface area contributed by atoms with Crippen LogP contribution in [-0.4, -0.2) is 59.0 Å². The molecule has 28 heavy (non-hydrogen) atoms. The number of aliphatic imine (C=N–C) groups is 1. The van der Waals surface area contributed by atoms with Crippen molar-refractivity contribution >= 4 is 29.4 Å². The number of carbonyl (C=O) groups is 2. The number of hydrogen-bond donors (Lipinski definition) is 0. The van der Waals surface area contributed by atoms with Gasteiger partial charge in [0.2, 0.25) is 5.91 Å². The summed E-state index contributed by atoms with van der Waals surface area (Å²) in [5.74, 6) is -1.04. The Morgan fingerprint density at radius 2 is 1.93 bits per heavy atom. The fourth-order valence-electron chi connectivity index (χ4n) is 3.24. The molecule has 1 aromatic carbocycles. The Morgan fingerprint density at radius 1 is 1.18 bits per heavy atom. The van der Waals surface area contributed by atoms with E-state index in [1.165, 1.54) is 24.4 Å². The molecular formula is C20H19FN4O2S. The topological polar surface area (TPSA) is 65.9 Å². The lowest BCUT2D eigenvalue weighted by Gasteiger charge is -2.35. The molecule has 0 aliphatic carbocycles. The third-order valence-corrected chi connectivity index (χ3v) is 5.66. The fraction of sp³-hybridized carbons (Fsp3) is 0.300. The summed E-state index contributed by atoms with van der Waals surface area (Å²) in [7, 11) is 0. The Balaban J connectivity index is 1.31. The molecule has 3 heterocycles. The second kappa shape index (κ2) is 8.12. The van der Waals surface area contributed by atoms with E-state index in [9.17, 15) is 14.0 Å². The number of nitrogens with zero attached hydrogens (tertiary/aromatic N) is 4. The van der Waals surface area contributed by atoms with Crippen molar-refractivity contribution in [2.24, 2.45) is 10.9 Å². The molecule has 2 aliphatic rings. The molecule has 2 amide bonds. The number of amides is 2. The van der Waals surface area contributed by atoms with Gasteiger partial charge in [-0.25, -0.2) is 14.4 Å². The highest BCUT2D eigenvalue weighted by atomic mass is 32.1. The molecular weight excluding hydrogens is 379 g/mol. The van der Waals surface area contributed by atoms with Crippen LogP contribution in [-0.2, 0) is 16.1 Å². The van der Waals surface area contributed by atoms with Crippen molar-refractivity contribution in [1.29, 1.82) is 0 Å². The molecule has 1 aromatic heterocycles. The molecule has 0 N–H and O–H groups in total. The Hall–Kier alpha value is -2.71. The molecule has 0 radical (unpaired) electrons. The van der Waals surface area contributed by atoms with Crippen molar-refractivity contribution < 1.29 is 14.0 Å². The standard InChI is InChI=1S/C20H19FN4O2S/c21-16-4-1-14(2-5-16)17-13-28-19(23-17)12-24-7-9-25(10-8-24)20(27)15-3-6-18(26)22-11-15/h1-6,11,13,15H,7-10,12H2. The van der Waals surface area contributed by atoms with Gasteiger partial charge in [0.15, 0.2) is 0 Å².